The highest BCUT2D eigenvalue weighted by atomic mass is 32.2. The van der Waals surface area contributed by atoms with Crippen molar-refractivity contribution < 1.29 is 17.9 Å². The molecule has 0 radical (unpaired) electrons. The van der Waals surface area contributed by atoms with E-state index in [0.717, 1.165) is 63.3 Å². The summed E-state index contributed by atoms with van der Waals surface area (Å²) >= 11 is 1.69. The van der Waals surface area contributed by atoms with Crippen molar-refractivity contribution in [1.29, 1.82) is 0 Å². The Labute approximate surface area is 512 Å². The number of hydrogen-bond donors (Lipinski definition) is 12. The molecule has 0 saturated heterocycles. The average Bonchev–Trinajstić information content (AvgIpc) is 2.60. The summed E-state index contributed by atoms with van der Waals surface area (Å²) in [7, 11) is -3.48. The predicted octanol–water partition coefficient (Wildman–Crippen LogP) is 12.6. The lowest BCUT2D eigenvalue weighted by Crippen LogP contribution is -2.02. The standard InChI is InChI=1S/C13H12N2O.C13H14N2.C12H12N2O2S.C12H12N2O.C12H12N2S.C7H10N2/c14-11-5-1-3-9(7-11)13(16)10-4-2-6-12(15)8-10;14-12-5-1-10(2-6-12)9-11-3-7-13(15)8-4-11;13-9-1-5-11(6-2-9)17(15,16)12-7-3-10(14)4-8-12;2*13-9-1-5-11(6-2-9)15-12-7-3-10(14)4-8-12;8-5-6-1-3-7(9)4-2-6/h1-8H,14-15H2;1-8H,9,14-15H2;1-8H,13-14H2;2*1-8H,13-14H2;1-4H,5,8-9H2. The van der Waals surface area contributed by atoms with Crippen LogP contribution in [0.2, 0.25) is 0 Å². The van der Waals surface area contributed by atoms with Crippen molar-refractivity contribution in [2.45, 2.75) is 32.5 Å². The number of ketones is 1. The average molecular weight is 1200 g/mol. The van der Waals surface area contributed by atoms with Crippen LogP contribution in [0, 0.1) is 0 Å². The van der Waals surface area contributed by atoms with Crippen LogP contribution in [0.25, 0.3) is 0 Å². The lowest BCUT2D eigenvalue weighted by Gasteiger charge is -2.05. The Kier molecular flexibility index (Phi) is 24.5. The highest BCUT2D eigenvalue weighted by molar-refractivity contribution is 7.99. The molecule has 0 bridgehead atoms. The molecule has 444 valence electrons. The molecule has 11 rings (SSSR count). The van der Waals surface area contributed by atoms with Crippen molar-refractivity contribution in [2.75, 3.05) is 63.1 Å². The number of anilines is 11. The van der Waals surface area contributed by atoms with Gasteiger partial charge in [-0.25, -0.2) is 8.42 Å². The molecule has 0 heterocycles. The summed E-state index contributed by atoms with van der Waals surface area (Å²) in [5.41, 5.74) is 79.1. The van der Waals surface area contributed by atoms with Gasteiger partial charge in [0.25, 0.3) is 0 Å². The molecule has 11 aromatic rings. The lowest BCUT2D eigenvalue weighted by atomic mass is 10.0. The van der Waals surface area contributed by atoms with Gasteiger partial charge in [0, 0.05) is 90.0 Å². The molecular weight excluding hydrogens is 1120 g/mol. The van der Waals surface area contributed by atoms with Gasteiger partial charge in [0.2, 0.25) is 9.84 Å². The SMILES string of the molecule is NCc1ccc(N)cc1.Nc1ccc(Cc2ccc(N)cc2)cc1.Nc1ccc(Oc2ccc(N)cc2)cc1.Nc1ccc(S(=O)(=O)c2ccc(N)cc2)cc1.Nc1ccc(Sc2ccc(N)cc2)cc1.Nc1cccc(C(=O)c2cccc(N)c2)c1. The number of carbonyl (C=O) groups is 1. The number of carbonyl (C=O) groups excluding carboxylic acids is 1. The van der Waals surface area contributed by atoms with Crippen molar-refractivity contribution >= 4 is 89.9 Å². The smallest absolute Gasteiger partial charge is 0.206 e. The molecule has 0 unspecified atom stereocenters. The van der Waals surface area contributed by atoms with Gasteiger partial charge in [-0.3, -0.25) is 4.79 Å². The van der Waals surface area contributed by atoms with E-state index in [1.165, 1.54) is 45.2 Å². The Bertz CT molecular complexity index is 3530. The molecule has 87 heavy (non-hydrogen) atoms. The molecule has 24 N–H and O–H groups in total. The van der Waals surface area contributed by atoms with Gasteiger partial charge in [-0.1, -0.05) is 72.4 Å². The Morgan fingerprint density at radius 3 is 0.874 bits per heavy atom. The molecule has 0 fully saturated rings. The number of rotatable bonds is 11. The molecule has 16 nitrogen and oxygen atoms in total. The van der Waals surface area contributed by atoms with Crippen LogP contribution < -0.4 is 73.5 Å². The third-order valence-electron chi connectivity index (χ3n) is 12.3. The predicted molar refractivity (Wildman–Crippen MR) is 363 cm³/mol. The fourth-order valence-corrected chi connectivity index (χ4v) is 9.61. The molecule has 11 aromatic carbocycles. The maximum Gasteiger partial charge on any atom is 0.206 e. The number of sulfone groups is 1. The van der Waals surface area contributed by atoms with Crippen molar-refractivity contribution in [1.82, 2.24) is 0 Å². The summed E-state index contributed by atoms with van der Waals surface area (Å²) in [4.78, 5) is 14.8. The molecule has 0 aliphatic carbocycles. The Morgan fingerprint density at radius 2 is 0.586 bits per heavy atom. The van der Waals surface area contributed by atoms with Gasteiger partial charge in [-0.2, -0.15) is 0 Å². The van der Waals surface area contributed by atoms with Crippen LogP contribution in [0.1, 0.15) is 32.6 Å². The Hall–Kier alpha value is -11.1. The first kappa shape index (κ1) is 65.1. The van der Waals surface area contributed by atoms with Crippen molar-refractivity contribution in [2.24, 2.45) is 5.73 Å². The van der Waals surface area contributed by atoms with Crippen LogP contribution in [0.3, 0.4) is 0 Å². The topological polar surface area (TPSA) is 373 Å². The molecule has 0 amide bonds. The van der Waals surface area contributed by atoms with Crippen molar-refractivity contribution in [3.8, 4) is 11.5 Å². The lowest BCUT2D eigenvalue weighted by molar-refractivity contribution is 0.103. The zero-order valence-corrected chi connectivity index (χ0v) is 49.3. The van der Waals surface area contributed by atoms with Crippen LogP contribution in [0.4, 0.5) is 62.6 Å². The summed E-state index contributed by atoms with van der Waals surface area (Å²) < 4.78 is 29.9. The van der Waals surface area contributed by atoms with E-state index < -0.39 is 9.84 Å². The molecular formula is C69H72N12O4S2. The van der Waals surface area contributed by atoms with E-state index in [1.807, 2.05) is 146 Å². The first-order valence-corrected chi connectivity index (χ1v) is 29.2. The van der Waals surface area contributed by atoms with Gasteiger partial charge >= 0.3 is 0 Å². The summed E-state index contributed by atoms with van der Waals surface area (Å²) in [5, 5.41) is 0. The van der Waals surface area contributed by atoms with Crippen LogP contribution in [0.5, 0.6) is 11.5 Å². The minimum Gasteiger partial charge on any atom is -0.457 e. The quantitative estimate of drug-likeness (QED) is 0.0423. The number of benzene rings is 11. The van der Waals surface area contributed by atoms with Crippen molar-refractivity contribution in [3.63, 3.8) is 0 Å². The second-order valence-corrected chi connectivity index (χ2v) is 22.4. The molecule has 0 aliphatic rings. The van der Waals surface area contributed by atoms with E-state index in [2.05, 4.69) is 0 Å². The number of nitrogen functional groups attached to an aromatic ring is 11. The van der Waals surface area contributed by atoms with Gasteiger partial charge in [-0.15, -0.1) is 0 Å². The van der Waals surface area contributed by atoms with Crippen molar-refractivity contribution in [3.05, 3.63) is 295 Å². The van der Waals surface area contributed by atoms with Gasteiger partial charge in [0.15, 0.2) is 5.78 Å². The number of hydrogen-bond acceptors (Lipinski definition) is 17. The van der Waals surface area contributed by atoms with E-state index in [-0.39, 0.29) is 15.6 Å². The minimum atomic E-state index is -3.48. The first-order valence-electron chi connectivity index (χ1n) is 26.9. The molecule has 0 spiro atoms. The van der Waals surface area contributed by atoms with Gasteiger partial charge < -0.3 is 73.5 Å². The molecule has 0 aliphatic heterocycles. The van der Waals surface area contributed by atoms with Crippen LogP contribution in [-0.4, -0.2) is 14.2 Å². The number of ether oxygens (including phenoxy) is 1. The van der Waals surface area contributed by atoms with E-state index in [9.17, 15) is 13.2 Å². The second kappa shape index (κ2) is 32.7. The fraction of sp³-hybridized carbons (Fsp3) is 0.0290. The van der Waals surface area contributed by atoms with Crippen LogP contribution in [-0.2, 0) is 22.8 Å². The first-order chi connectivity index (χ1) is 41.7. The fourth-order valence-electron chi connectivity index (χ4n) is 7.53. The third-order valence-corrected chi connectivity index (χ3v) is 15.1. The summed E-state index contributed by atoms with van der Waals surface area (Å²) in [6.07, 6.45) is 0.917. The van der Waals surface area contributed by atoms with Crippen LogP contribution >= 0.6 is 11.8 Å². The maximum absolute atomic E-state index is 12.2. The van der Waals surface area contributed by atoms with E-state index >= 15 is 0 Å². The summed E-state index contributed by atoms with van der Waals surface area (Å²) in [5.74, 6) is 1.45. The minimum absolute atomic E-state index is 0.0698. The van der Waals surface area contributed by atoms with E-state index in [0.29, 0.717) is 40.4 Å². The van der Waals surface area contributed by atoms with Gasteiger partial charge in [-0.05, 0) is 229 Å². The third kappa shape index (κ3) is 22.6. The second-order valence-electron chi connectivity index (χ2n) is 19.3. The van der Waals surface area contributed by atoms with E-state index in [4.69, 9.17) is 73.5 Å². The molecule has 0 saturated carbocycles. The highest BCUT2D eigenvalue weighted by Crippen LogP contribution is 2.29. The van der Waals surface area contributed by atoms with E-state index in [1.54, 1.807) is 109 Å². The zero-order valence-electron chi connectivity index (χ0n) is 47.7. The summed E-state index contributed by atoms with van der Waals surface area (Å²) in [6, 6.07) is 79.6. The highest BCUT2D eigenvalue weighted by Gasteiger charge is 2.17. The molecule has 0 atom stereocenters. The molecule has 18 heteroatoms. The maximum atomic E-state index is 12.2. The zero-order chi connectivity index (χ0) is 62.7. The monoisotopic (exact) mass is 1200 g/mol. The Balaban J connectivity index is 0.000000168. The normalized spacial score (nSPS) is 10.2. The summed E-state index contributed by atoms with van der Waals surface area (Å²) in [6.45, 7) is 0.584. The molecule has 0 aromatic heterocycles. The Morgan fingerprint density at radius 1 is 0.322 bits per heavy atom. The van der Waals surface area contributed by atoms with Gasteiger partial charge in [0.1, 0.15) is 11.5 Å². The van der Waals surface area contributed by atoms with Crippen LogP contribution in [0.15, 0.2) is 287 Å². The number of nitrogens with two attached hydrogens (primary N) is 12. The largest absolute Gasteiger partial charge is 0.457 e. The van der Waals surface area contributed by atoms with Gasteiger partial charge in [0.05, 0.1) is 9.79 Å².